The van der Waals surface area contributed by atoms with Crippen LogP contribution in [0, 0.1) is 6.92 Å². The number of benzene rings is 1. The van der Waals surface area contributed by atoms with Crippen molar-refractivity contribution in [3.8, 4) is 0 Å². The Balaban J connectivity index is 2.70. The summed E-state index contributed by atoms with van der Waals surface area (Å²) < 4.78 is 1.19. The zero-order valence-electron chi connectivity index (χ0n) is 8.01. The minimum atomic E-state index is 0.694. The Hall–Kier alpha value is -0.570. The van der Waals surface area contributed by atoms with Crippen LogP contribution in [0.5, 0.6) is 0 Å². The second-order valence-electron chi connectivity index (χ2n) is 3.29. The molecule has 14 heavy (non-hydrogen) atoms. The van der Waals surface area contributed by atoms with Gasteiger partial charge in [0.05, 0.1) is 9.72 Å². The number of hydrogen-bond donors (Lipinski definition) is 1. The highest BCUT2D eigenvalue weighted by atomic mass is 35.5. The molecule has 1 heterocycles. The molecule has 0 aliphatic heterocycles. The number of nitrogens with two attached hydrogens (primary N) is 1. The Labute approximate surface area is 92.5 Å². The lowest BCUT2D eigenvalue weighted by molar-refractivity contribution is 0.974. The van der Waals surface area contributed by atoms with Gasteiger partial charge in [-0.15, -0.1) is 11.3 Å². The summed E-state index contributed by atoms with van der Waals surface area (Å²) in [5, 5.41) is 2.12. The molecule has 0 radical (unpaired) electrons. The maximum Gasteiger partial charge on any atom is 0.0584 e. The lowest BCUT2D eigenvalue weighted by Crippen LogP contribution is -2.02. The van der Waals surface area contributed by atoms with E-state index in [4.69, 9.17) is 17.3 Å². The normalized spacial score (nSPS) is 11.1. The molecule has 1 aromatic heterocycles. The molecule has 0 saturated heterocycles. The largest absolute Gasteiger partial charge is 0.330 e. The van der Waals surface area contributed by atoms with Crippen molar-refractivity contribution >= 4 is 33.0 Å². The maximum absolute atomic E-state index is 6.12. The van der Waals surface area contributed by atoms with Crippen LogP contribution in [0.25, 0.3) is 10.1 Å². The van der Waals surface area contributed by atoms with Crippen molar-refractivity contribution in [2.24, 2.45) is 5.73 Å². The summed E-state index contributed by atoms with van der Waals surface area (Å²) in [6, 6.07) is 6.05. The maximum atomic E-state index is 6.12. The smallest absolute Gasteiger partial charge is 0.0584 e. The van der Waals surface area contributed by atoms with E-state index in [-0.39, 0.29) is 0 Å². The molecule has 0 amide bonds. The quantitative estimate of drug-likeness (QED) is 0.834. The summed E-state index contributed by atoms with van der Waals surface area (Å²) in [5.41, 5.74) is 6.95. The van der Waals surface area contributed by atoms with Crippen molar-refractivity contribution in [2.45, 2.75) is 13.3 Å². The highest BCUT2D eigenvalue weighted by molar-refractivity contribution is 7.19. The van der Waals surface area contributed by atoms with Crippen molar-refractivity contribution < 1.29 is 0 Å². The first-order chi connectivity index (χ1) is 6.74. The van der Waals surface area contributed by atoms with Gasteiger partial charge in [-0.2, -0.15) is 0 Å². The Bertz CT molecular complexity index is 462. The molecular weight excluding hydrogens is 214 g/mol. The fourth-order valence-corrected chi connectivity index (χ4v) is 3.11. The standard InChI is InChI=1S/C11H12ClNS/c1-7-8(5-6-13)9-3-2-4-10(12)11(9)14-7/h2-4H,5-6,13H2,1H3. The third kappa shape index (κ3) is 1.54. The number of fused-ring (bicyclic) bond motifs is 1. The second-order valence-corrected chi connectivity index (χ2v) is 4.92. The Morgan fingerprint density at radius 3 is 2.93 bits per heavy atom. The van der Waals surface area contributed by atoms with Crippen molar-refractivity contribution in [1.82, 2.24) is 0 Å². The fraction of sp³-hybridized carbons (Fsp3) is 0.273. The molecule has 0 atom stereocenters. The number of halogens is 1. The minimum absolute atomic E-state index is 0.694. The molecule has 3 heteroatoms. The summed E-state index contributed by atoms with van der Waals surface area (Å²) in [7, 11) is 0. The second kappa shape index (κ2) is 3.89. The van der Waals surface area contributed by atoms with Gasteiger partial charge in [-0.05, 0) is 36.9 Å². The predicted molar refractivity (Wildman–Crippen MR) is 64.3 cm³/mol. The Morgan fingerprint density at radius 2 is 2.21 bits per heavy atom. The first kappa shape index (κ1) is 9.97. The zero-order chi connectivity index (χ0) is 10.1. The molecule has 0 unspecified atom stereocenters. The van der Waals surface area contributed by atoms with Crippen LogP contribution in [0.15, 0.2) is 18.2 Å². The van der Waals surface area contributed by atoms with Crippen molar-refractivity contribution in [3.05, 3.63) is 33.7 Å². The van der Waals surface area contributed by atoms with Crippen LogP contribution in [0.3, 0.4) is 0 Å². The van der Waals surface area contributed by atoms with Gasteiger partial charge in [-0.3, -0.25) is 0 Å². The van der Waals surface area contributed by atoms with E-state index in [0.717, 1.165) is 11.4 Å². The van der Waals surface area contributed by atoms with Crippen LogP contribution in [0.4, 0.5) is 0 Å². The molecule has 1 nitrogen and oxygen atoms in total. The van der Waals surface area contributed by atoms with E-state index >= 15 is 0 Å². The van der Waals surface area contributed by atoms with E-state index in [9.17, 15) is 0 Å². The molecule has 0 spiro atoms. The third-order valence-electron chi connectivity index (χ3n) is 2.37. The van der Waals surface area contributed by atoms with Crippen LogP contribution in [0.2, 0.25) is 5.02 Å². The van der Waals surface area contributed by atoms with E-state index in [0.29, 0.717) is 6.54 Å². The number of rotatable bonds is 2. The van der Waals surface area contributed by atoms with Crippen molar-refractivity contribution in [2.75, 3.05) is 6.54 Å². The van der Waals surface area contributed by atoms with Crippen LogP contribution >= 0.6 is 22.9 Å². The van der Waals surface area contributed by atoms with Crippen molar-refractivity contribution in [3.63, 3.8) is 0 Å². The molecule has 0 aliphatic carbocycles. The van der Waals surface area contributed by atoms with Crippen LogP contribution in [-0.4, -0.2) is 6.54 Å². The van der Waals surface area contributed by atoms with Gasteiger partial charge in [-0.25, -0.2) is 0 Å². The molecule has 2 rings (SSSR count). The monoisotopic (exact) mass is 225 g/mol. The highest BCUT2D eigenvalue weighted by Crippen LogP contribution is 2.35. The van der Waals surface area contributed by atoms with E-state index in [2.05, 4.69) is 13.0 Å². The van der Waals surface area contributed by atoms with Crippen LogP contribution < -0.4 is 5.73 Å². The SMILES string of the molecule is Cc1sc2c(Cl)cccc2c1CCN. The minimum Gasteiger partial charge on any atom is -0.330 e. The molecule has 2 aromatic rings. The van der Waals surface area contributed by atoms with Gasteiger partial charge >= 0.3 is 0 Å². The first-order valence-electron chi connectivity index (χ1n) is 4.60. The van der Waals surface area contributed by atoms with E-state index in [1.54, 1.807) is 11.3 Å². The summed E-state index contributed by atoms with van der Waals surface area (Å²) >= 11 is 7.88. The van der Waals surface area contributed by atoms with E-state index in [1.165, 1.54) is 20.5 Å². The van der Waals surface area contributed by atoms with E-state index < -0.39 is 0 Å². The number of thiophene rings is 1. The van der Waals surface area contributed by atoms with Gasteiger partial charge in [-0.1, -0.05) is 23.7 Å². The van der Waals surface area contributed by atoms with Crippen LogP contribution in [-0.2, 0) is 6.42 Å². The predicted octanol–water partition coefficient (Wildman–Crippen LogP) is 3.36. The highest BCUT2D eigenvalue weighted by Gasteiger charge is 2.09. The molecular formula is C11H12ClNS. The molecule has 1 aromatic carbocycles. The van der Waals surface area contributed by atoms with Gasteiger partial charge in [0.2, 0.25) is 0 Å². The lowest BCUT2D eigenvalue weighted by Gasteiger charge is -1.98. The van der Waals surface area contributed by atoms with Crippen LogP contribution in [0.1, 0.15) is 10.4 Å². The van der Waals surface area contributed by atoms with Gasteiger partial charge in [0.1, 0.15) is 0 Å². The first-order valence-corrected chi connectivity index (χ1v) is 5.80. The number of aryl methyl sites for hydroxylation is 1. The zero-order valence-corrected chi connectivity index (χ0v) is 9.58. The van der Waals surface area contributed by atoms with Gasteiger partial charge in [0.25, 0.3) is 0 Å². The Kier molecular flexibility index (Phi) is 2.77. The molecule has 0 aliphatic rings. The third-order valence-corrected chi connectivity index (χ3v) is 3.99. The Morgan fingerprint density at radius 1 is 1.43 bits per heavy atom. The summed E-state index contributed by atoms with van der Waals surface area (Å²) in [6.07, 6.45) is 0.937. The lowest BCUT2D eigenvalue weighted by atomic mass is 10.1. The van der Waals surface area contributed by atoms with Gasteiger partial charge in [0, 0.05) is 4.88 Å². The molecule has 0 fully saturated rings. The molecule has 74 valence electrons. The average Bonchev–Trinajstić information content (AvgIpc) is 2.47. The van der Waals surface area contributed by atoms with Gasteiger partial charge in [0.15, 0.2) is 0 Å². The van der Waals surface area contributed by atoms with Gasteiger partial charge < -0.3 is 5.73 Å². The molecule has 2 N–H and O–H groups in total. The molecule has 0 saturated carbocycles. The number of hydrogen-bond acceptors (Lipinski definition) is 2. The van der Waals surface area contributed by atoms with Crippen molar-refractivity contribution in [1.29, 1.82) is 0 Å². The van der Waals surface area contributed by atoms with E-state index in [1.807, 2.05) is 12.1 Å². The summed E-state index contributed by atoms with van der Waals surface area (Å²) in [5.74, 6) is 0. The molecule has 0 bridgehead atoms. The fourth-order valence-electron chi connectivity index (χ4n) is 1.71. The summed E-state index contributed by atoms with van der Waals surface area (Å²) in [6.45, 7) is 2.82. The average molecular weight is 226 g/mol. The summed E-state index contributed by atoms with van der Waals surface area (Å²) in [4.78, 5) is 1.33. The topological polar surface area (TPSA) is 26.0 Å².